The van der Waals surface area contributed by atoms with E-state index in [4.69, 9.17) is 0 Å². The van der Waals surface area contributed by atoms with Crippen molar-refractivity contribution in [2.45, 2.75) is 12.8 Å². The van der Waals surface area contributed by atoms with E-state index in [-0.39, 0.29) is 17.6 Å². The molecule has 5 heterocycles. The Labute approximate surface area is 210 Å². The lowest BCUT2D eigenvalue weighted by Crippen LogP contribution is -2.13. The predicted molar refractivity (Wildman–Crippen MR) is 139 cm³/mol. The lowest BCUT2D eigenvalue weighted by atomic mass is 10.0. The number of benzene rings is 1. The minimum atomic E-state index is -0.280. The van der Waals surface area contributed by atoms with E-state index >= 15 is 0 Å². The second-order valence-electron chi connectivity index (χ2n) is 9.25. The van der Waals surface area contributed by atoms with E-state index in [1.807, 2.05) is 18.2 Å². The maximum atomic E-state index is 13.5. The number of halogens is 1. The first-order valence-electron chi connectivity index (χ1n) is 12.0. The zero-order valence-corrected chi connectivity index (χ0v) is 19.5. The van der Waals surface area contributed by atoms with Crippen molar-refractivity contribution in [2.24, 2.45) is 5.92 Å². The van der Waals surface area contributed by atoms with Gasteiger partial charge >= 0.3 is 0 Å². The number of pyridine rings is 3. The minimum Gasteiger partial charge on any atom is -0.352 e. The number of carbonyl (C=O) groups is 1. The average Bonchev–Trinajstić information content (AvgIpc) is 3.55. The van der Waals surface area contributed by atoms with Crippen LogP contribution in [-0.2, 0) is 4.79 Å². The van der Waals surface area contributed by atoms with Crippen LogP contribution in [0, 0.1) is 11.7 Å². The monoisotopic (exact) mass is 489 g/mol. The Hall–Kier alpha value is -4.92. The van der Waals surface area contributed by atoms with Crippen LogP contribution >= 0.6 is 0 Å². The number of rotatable bonds is 5. The van der Waals surface area contributed by atoms with Crippen LogP contribution in [0.3, 0.4) is 0 Å². The number of hydrogen-bond acceptors (Lipinski definition) is 5. The van der Waals surface area contributed by atoms with Gasteiger partial charge in [0.2, 0.25) is 5.91 Å². The summed E-state index contributed by atoms with van der Waals surface area (Å²) in [5.74, 6) is -0.133. The summed E-state index contributed by atoms with van der Waals surface area (Å²) >= 11 is 0. The summed E-state index contributed by atoms with van der Waals surface area (Å²) in [6, 6.07) is 12.2. The lowest BCUT2D eigenvalue weighted by Gasteiger charge is -2.06. The number of aromatic amines is 2. The van der Waals surface area contributed by atoms with Gasteiger partial charge in [0, 0.05) is 40.2 Å². The van der Waals surface area contributed by atoms with Crippen LogP contribution < -0.4 is 5.32 Å². The molecule has 0 saturated heterocycles. The van der Waals surface area contributed by atoms with Gasteiger partial charge in [-0.25, -0.2) is 4.39 Å². The summed E-state index contributed by atoms with van der Waals surface area (Å²) in [7, 11) is 0. The van der Waals surface area contributed by atoms with Gasteiger partial charge in [-0.2, -0.15) is 5.10 Å². The molecular formula is C28H20FN7O. The van der Waals surface area contributed by atoms with Crippen LogP contribution in [0.4, 0.5) is 10.1 Å². The molecule has 37 heavy (non-hydrogen) atoms. The molecule has 5 aromatic heterocycles. The van der Waals surface area contributed by atoms with E-state index in [2.05, 4.69) is 35.5 Å². The number of nitrogens with one attached hydrogen (secondary N) is 3. The zero-order chi connectivity index (χ0) is 24.9. The molecule has 1 aromatic carbocycles. The number of hydrogen-bond donors (Lipinski definition) is 3. The Kier molecular flexibility index (Phi) is 4.81. The van der Waals surface area contributed by atoms with Crippen molar-refractivity contribution < 1.29 is 9.18 Å². The third-order valence-electron chi connectivity index (χ3n) is 6.65. The van der Waals surface area contributed by atoms with E-state index in [1.165, 1.54) is 12.1 Å². The van der Waals surface area contributed by atoms with Crippen LogP contribution in [0.15, 0.2) is 73.4 Å². The quantitative estimate of drug-likeness (QED) is 0.287. The molecule has 1 saturated carbocycles. The Morgan fingerprint density at radius 3 is 2.57 bits per heavy atom. The molecule has 180 valence electrons. The summed E-state index contributed by atoms with van der Waals surface area (Å²) in [5.41, 5.74) is 7.15. The van der Waals surface area contributed by atoms with Gasteiger partial charge in [0.15, 0.2) is 0 Å². The van der Waals surface area contributed by atoms with Gasteiger partial charge in [-0.3, -0.25) is 24.8 Å². The maximum absolute atomic E-state index is 13.5. The summed E-state index contributed by atoms with van der Waals surface area (Å²) in [5, 5.41) is 12.4. The average molecular weight is 490 g/mol. The summed E-state index contributed by atoms with van der Waals surface area (Å²) < 4.78 is 13.5. The molecule has 0 radical (unpaired) electrons. The normalized spacial score (nSPS) is 13.3. The predicted octanol–water partition coefficient (Wildman–Crippen LogP) is 5.72. The summed E-state index contributed by atoms with van der Waals surface area (Å²) in [6.07, 6.45) is 10.5. The first kappa shape index (κ1) is 21.4. The number of amides is 1. The highest BCUT2D eigenvalue weighted by atomic mass is 19.1. The molecule has 1 fully saturated rings. The molecule has 1 amide bonds. The van der Waals surface area contributed by atoms with Gasteiger partial charge in [0.25, 0.3) is 0 Å². The highest BCUT2D eigenvalue weighted by Gasteiger charge is 2.29. The Bertz CT molecular complexity index is 1800. The van der Waals surface area contributed by atoms with Crippen molar-refractivity contribution in [2.75, 3.05) is 5.32 Å². The van der Waals surface area contributed by atoms with Crippen molar-refractivity contribution in [1.29, 1.82) is 0 Å². The number of H-pyrrole nitrogens is 2. The lowest BCUT2D eigenvalue weighted by molar-refractivity contribution is -0.117. The van der Waals surface area contributed by atoms with Crippen molar-refractivity contribution >= 4 is 33.4 Å². The van der Waals surface area contributed by atoms with Crippen LogP contribution in [0.25, 0.3) is 55.6 Å². The number of fused-ring (bicyclic) bond motifs is 2. The third kappa shape index (κ3) is 3.90. The first-order valence-corrected chi connectivity index (χ1v) is 12.0. The highest BCUT2D eigenvalue weighted by molar-refractivity contribution is 6.01. The standard InChI is InChI=1S/C28H20FN7O/c29-18-5-3-15(4-6-18)22-12-31-13-25-20(22)8-24(34-25)27-21-9-23(32-14-26(21)35-36-27)17-7-19(11-30-10-17)33-28(37)16-1-2-16/h3-14,16,34H,1-2H2,(H,33,37)(H,35,36). The fourth-order valence-corrected chi connectivity index (χ4v) is 4.56. The number of anilines is 1. The molecule has 9 heteroatoms. The Morgan fingerprint density at radius 1 is 0.892 bits per heavy atom. The Morgan fingerprint density at radius 2 is 1.73 bits per heavy atom. The van der Waals surface area contributed by atoms with Crippen LogP contribution in [-0.4, -0.2) is 36.0 Å². The SMILES string of the molecule is O=C(Nc1cncc(-c2cc3c(-c4cc5c(-c6ccc(F)cc6)cncc5[nH]4)n[nH]c3cn2)c1)C1CC1. The largest absolute Gasteiger partial charge is 0.352 e. The molecule has 0 aliphatic heterocycles. The molecule has 1 aliphatic carbocycles. The van der Waals surface area contributed by atoms with Gasteiger partial charge < -0.3 is 10.3 Å². The van der Waals surface area contributed by atoms with E-state index in [0.717, 1.165) is 68.4 Å². The van der Waals surface area contributed by atoms with Crippen LogP contribution in [0.5, 0.6) is 0 Å². The van der Waals surface area contributed by atoms with Gasteiger partial charge in [0.05, 0.1) is 46.7 Å². The van der Waals surface area contributed by atoms with Crippen molar-refractivity contribution in [3.8, 4) is 33.8 Å². The summed E-state index contributed by atoms with van der Waals surface area (Å²) in [6.45, 7) is 0. The van der Waals surface area contributed by atoms with Crippen molar-refractivity contribution in [1.82, 2.24) is 30.1 Å². The zero-order valence-electron chi connectivity index (χ0n) is 19.5. The fraction of sp³-hybridized carbons (Fsp3) is 0.107. The van der Waals surface area contributed by atoms with E-state index in [9.17, 15) is 9.18 Å². The van der Waals surface area contributed by atoms with E-state index < -0.39 is 0 Å². The van der Waals surface area contributed by atoms with Crippen molar-refractivity contribution in [3.63, 3.8) is 0 Å². The molecule has 0 spiro atoms. The second kappa shape index (κ2) is 8.34. The number of aromatic nitrogens is 6. The molecule has 0 bridgehead atoms. The minimum absolute atomic E-state index is 0.0350. The molecule has 8 nitrogen and oxygen atoms in total. The topological polar surface area (TPSA) is 112 Å². The third-order valence-corrected chi connectivity index (χ3v) is 6.65. The van der Waals surface area contributed by atoms with Crippen molar-refractivity contribution in [3.05, 3.63) is 79.3 Å². The van der Waals surface area contributed by atoms with Crippen LogP contribution in [0.2, 0.25) is 0 Å². The molecule has 7 rings (SSSR count). The second-order valence-corrected chi connectivity index (χ2v) is 9.25. The van der Waals surface area contributed by atoms with Gasteiger partial charge in [-0.05, 0) is 48.7 Å². The van der Waals surface area contributed by atoms with E-state index in [1.54, 1.807) is 43.1 Å². The molecule has 0 unspecified atom stereocenters. The van der Waals surface area contributed by atoms with Gasteiger partial charge in [0.1, 0.15) is 11.5 Å². The highest BCUT2D eigenvalue weighted by Crippen LogP contribution is 2.35. The number of nitrogens with zero attached hydrogens (tertiary/aromatic N) is 4. The maximum Gasteiger partial charge on any atom is 0.227 e. The smallest absolute Gasteiger partial charge is 0.227 e. The van der Waals surface area contributed by atoms with Gasteiger partial charge in [-0.1, -0.05) is 12.1 Å². The molecule has 3 N–H and O–H groups in total. The van der Waals surface area contributed by atoms with Crippen LogP contribution in [0.1, 0.15) is 12.8 Å². The molecule has 0 atom stereocenters. The Balaban J connectivity index is 1.28. The number of carbonyl (C=O) groups excluding carboxylic acids is 1. The molecular weight excluding hydrogens is 469 g/mol. The van der Waals surface area contributed by atoms with E-state index in [0.29, 0.717) is 5.69 Å². The fourth-order valence-electron chi connectivity index (χ4n) is 4.56. The molecule has 1 aliphatic rings. The first-order chi connectivity index (χ1) is 18.1. The van der Waals surface area contributed by atoms with Gasteiger partial charge in [-0.15, -0.1) is 0 Å². The summed E-state index contributed by atoms with van der Waals surface area (Å²) in [4.78, 5) is 28.8. The molecule has 6 aromatic rings.